The number of aryl methyl sites for hydroxylation is 1. The molecule has 1 unspecified atom stereocenters. The van der Waals surface area contributed by atoms with E-state index in [2.05, 4.69) is 42.2 Å². The van der Waals surface area contributed by atoms with Gasteiger partial charge in [0.2, 0.25) is 22.0 Å². The molecule has 15 heteroatoms. The molecule has 0 bridgehead atoms. The molecule has 3 rings (SSSR count). The number of sulfonamides is 1. The number of halogens is 1. The van der Waals surface area contributed by atoms with Gasteiger partial charge in [-0.25, -0.2) is 16.8 Å². The second kappa shape index (κ2) is 16.7. The summed E-state index contributed by atoms with van der Waals surface area (Å²) in [5.41, 5.74) is 1.18. The molecular weight excluding hydrogens is 730 g/mol. The fourth-order valence-corrected chi connectivity index (χ4v) is 6.26. The fourth-order valence-electron chi connectivity index (χ4n) is 4.89. The van der Waals surface area contributed by atoms with Crippen LogP contribution in [0.4, 0.5) is 17.1 Å². The summed E-state index contributed by atoms with van der Waals surface area (Å²) in [6.45, 7) is 13.5. The van der Waals surface area contributed by atoms with Crippen LogP contribution in [0, 0.1) is 12.3 Å². The second-order valence-corrected chi connectivity index (χ2v) is 18.5. The van der Waals surface area contributed by atoms with E-state index >= 15 is 0 Å². The molecule has 0 aromatic heterocycles. The summed E-state index contributed by atoms with van der Waals surface area (Å²) < 4.78 is 62.6. The van der Waals surface area contributed by atoms with Gasteiger partial charge in [-0.1, -0.05) is 70.8 Å². The zero-order valence-electron chi connectivity index (χ0n) is 31.0. The van der Waals surface area contributed by atoms with Gasteiger partial charge in [0.25, 0.3) is 5.91 Å². The van der Waals surface area contributed by atoms with Crippen LogP contribution >= 0.6 is 11.6 Å². The number of nitrogens with one attached hydrogen (secondary N) is 3. The van der Waals surface area contributed by atoms with Gasteiger partial charge < -0.3 is 20.1 Å². The number of hydrogen-bond acceptors (Lipinski definition) is 9. The Morgan fingerprint density at radius 2 is 1.50 bits per heavy atom. The summed E-state index contributed by atoms with van der Waals surface area (Å²) >= 11 is 6.39. The van der Waals surface area contributed by atoms with E-state index in [0.717, 1.165) is 54.0 Å². The molecule has 52 heavy (non-hydrogen) atoms. The molecule has 0 fully saturated rings. The number of carbonyl (C=O) groups is 3. The van der Waals surface area contributed by atoms with Crippen molar-refractivity contribution in [3.63, 3.8) is 0 Å². The molecule has 0 radical (unpaired) electrons. The number of rotatable bonds is 16. The van der Waals surface area contributed by atoms with E-state index in [1.807, 2.05) is 19.1 Å². The number of amides is 2. The number of ketones is 1. The lowest BCUT2D eigenvalue weighted by molar-refractivity contribution is -0.140. The Labute approximate surface area is 312 Å². The van der Waals surface area contributed by atoms with E-state index in [0.29, 0.717) is 18.7 Å². The van der Waals surface area contributed by atoms with E-state index in [9.17, 15) is 31.2 Å². The number of Topliss-reactive ketones (excluding diaryl/α,β-unsaturated/α-hetero) is 1. The van der Waals surface area contributed by atoms with Crippen LogP contribution in [0.15, 0.2) is 59.5 Å². The minimum absolute atomic E-state index is 0.0652. The molecule has 0 aliphatic rings. The van der Waals surface area contributed by atoms with Crippen molar-refractivity contribution in [1.29, 1.82) is 0 Å². The van der Waals surface area contributed by atoms with E-state index in [1.54, 1.807) is 26.8 Å². The van der Waals surface area contributed by atoms with Crippen molar-refractivity contribution in [3.05, 3.63) is 70.7 Å². The van der Waals surface area contributed by atoms with Gasteiger partial charge in [-0.2, -0.15) is 0 Å². The first-order chi connectivity index (χ1) is 23.9. The van der Waals surface area contributed by atoms with E-state index < -0.39 is 43.1 Å². The highest BCUT2D eigenvalue weighted by atomic mass is 35.5. The van der Waals surface area contributed by atoms with Crippen LogP contribution in [-0.4, -0.2) is 59.7 Å². The molecule has 284 valence electrons. The Morgan fingerprint density at radius 1 is 0.846 bits per heavy atom. The first-order valence-electron chi connectivity index (χ1n) is 16.6. The summed E-state index contributed by atoms with van der Waals surface area (Å²) in [5, 5.41) is 5.45. The smallest absolute Gasteiger partial charge is 0.273 e. The molecule has 0 saturated carbocycles. The maximum Gasteiger partial charge on any atom is 0.273 e. The van der Waals surface area contributed by atoms with Gasteiger partial charge in [-0.15, -0.1) is 0 Å². The van der Waals surface area contributed by atoms with Crippen LogP contribution in [-0.2, 0) is 39.7 Å². The van der Waals surface area contributed by atoms with E-state index in [1.165, 1.54) is 12.1 Å². The van der Waals surface area contributed by atoms with Gasteiger partial charge in [-0.3, -0.25) is 19.1 Å². The number of sulfone groups is 1. The molecule has 0 aliphatic heterocycles. The highest BCUT2D eigenvalue weighted by Gasteiger charge is 2.37. The van der Waals surface area contributed by atoms with E-state index in [-0.39, 0.29) is 44.8 Å². The first kappa shape index (κ1) is 42.3. The summed E-state index contributed by atoms with van der Waals surface area (Å²) in [6, 6.07) is 13.9. The molecule has 3 N–H and O–H groups in total. The summed E-state index contributed by atoms with van der Waals surface area (Å²) in [7, 11) is -7.69. The molecule has 0 heterocycles. The van der Waals surface area contributed by atoms with Crippen LogP contribution in [0.1, 0.15) is 71.9 Å². The molecule has 1 atom stereocenters. The highest BCUT2D eigenvalue weighted by Crippen LogP contribution is 2.35. The number of carbonyl (C=O) groups excluding carboxylic acids is 3. The SMILES string of the molecule is CCC(C)(C)c1cc(C)ccc1OCCCC(=O)Nc1ccc(Cl)c(NC(=O)C(Oc2ccc(S(C)(=O)=O)cc2NS(C)(=O)=O)C(=O)C(C)(C)C)c1. The lowest BCUT2D eigenvalue weighted by Gasteiger charge is -2.26. The van der Waals surface area contributed by atoms with Gasteiger partial charge in [0, 0.05) is 23.8 Å². The Bertz CT molecular complexity index is 2040. The highest BCUT2D eigenvalue weighted by molar-refractivity contribution is 7.92. The Hall–Kier alpha value is -4.14. The fraction of sp³-hybridized carbons (Fsp3) is 0.432. The van der Waals surface area contributed by atoms with Gasteiger partial charge >= 0.3 is 0 Å². The Kier molecular flexibility index (Phi) is 13.6. The first-order valence-corrected chi connectivity index (χ1v) is 20.7. The van der Waals surface area contributed by atoms with Crippen molar-refractivity contribution in [2.24, 2.45) is 5.41 Å². The van der Waals surface area contributed by atoms with Crippen LogP contribution < -0.4 is 24.8 Å². The maximum atomic E-state index is 13.7. The van der Waals surface area contributed by atoms with E-state index in [4.69, 9.17) is 21.1 Å². The summed E-state index contributed by atoms with van der Waals surface area (Å²) in [6.07, 6.45) is 1.50. The number of anilines is 3. The normalized spacial score (nSPS) is 12.8. The van der Waals surface area contributed by atoms with Crippen molar-refractivity contribution in [1.82, 2.24) is 0 Å². The lowest BCUT2D eigenvalue weighted by Crippen LogP contribution is -2.45. The third kappa shape index (κ3) is 12.0. The topological polar surface area (TPSA) is 174 Å². The number of hydrogen-bond donors (Lipinski definition) is 3. The van der Waals surface area contributed by atoms with Gasteiger partial charge in [-0.05, 0) is 73.2 Å². The third-order valence-electron chi connectivity index (χ3n) is 8.20. The zero-order valence-corrected chi connectivity index (χ0v) is 33.4. The maximum absolute atomic E-state index is 13.7. The predicted molar refractivity (Wildman–Crippen MR) is 205 cm³/mol. The molecule has 3 aromatic carbocycles. The quantitative estimate of drug-likeness (QED) is 0.103. The van der Waals surface area contributed by atoms with Crippen molar-refractivity contribution >= 4 is 66.1 Å². The largest absolute Gasteiger partial charge is 0.493 e. The average molecular weight is 778 g/mol. The second-order valence-electron chi connectivity index (χ2n) is 14.3. The molecular formula is C37H48ClN3O9S2. The van der Waals surface area contributed by atoms with Crippen molar-refractivity contribution < 1.29 is 40.7 Å². The Morgan fingerprint density at radius 3 is 2.10 bits per heavy atom. The molecule has 0 spiro atoms. The van der Waals surface area contributed by atoms with Crippen LogP contribution in [0.3, 0.4) is 0 Å². The van der Waals surface area contributed by atoms with Crippen LogP contribution in [0.2, 0.25) is 5.02 Å². The standard InChI is InChI=1S/C37H48ClN3O9S2/c1-10-37(6,7)26-20-23(2)13-17-30(26)49-19-11-12-32(42)39-24-14-16-27(38)28(21-24)40-35(44)33(34(43)36(3,4)5)50-31-18-15-25(51(8,45)46)22-29(31)41-52(9,47)48/h13-18,20-22,33,41H,10-12,19H2,1-9H3,(H,39,42)(H,40,44). The molecule has 3 aromatic rings. The molecule has 12 nitrogen and oxygen atoms in total. The lowest BCUT2D eigenvalue weighted by atomic mass is 9.81. The number of ether oxygens (including phenoxy) is 2. The minimum atomic E-state index is -3.94. The van der Waals surface area contributed by atoms with Gasteiger partial charge in [0.05, 0.1) is 34.2 Å². The minimum Gasteiger partial charge on any atom is -0.493 e. The summed E-state index contributed by atoms with van der Waals surface area (Å²) in [4.78, 5) is 39.8. The number of benzene rings is 3. The van der Waals surface area contributed by atoms with Gasteiger partial charge in [0.1, 0.15) is 11.5 Å². The van der Waals surface area contributed by atoms with Gasteiger partial charge in [0.15, 0.2) is 15.6 Å². The molecule has 0 aliphatic carbocycles. The monoisotopic (exact) mass is 777 g/mol. The molecule has 0 saturated heterocycles. The van der Waals surface area contributed by atoms with Crippen molar-refractivity contribution in [2.45, 2.75) is 84.1 Å². The Balaban J connectivity index is 1.77. The molecule has 2 amide bonds. The zero-order chi connectivity index (χ0) is 39.2. The van der Waals surface area contributed by atoms with Crippen LogP contribution in [0.25, 0.3) is 0 Å². The van der Waals surface area contributed by atoms with Crippen LogP contribution in [0.5, 0.6) is 11.5 Å². The van der Waals surface area contributed by atoms with Crippen molar-refractivity contribution in [2.75, 3.05) is 34.5 Å². The van der Waals surface area contributed by atoms with Crippen molar-refractivity contribution in [3.8, 4) is 11.5 Å². The third-order valence-corrected chi connectivity index (χ3v) is 10.2. The summed E-state index contributed by atoms with van der Waals surface area (Å²) in [5.74, 6) is -1.38. The average Bonchev–Trinajstić information content (AvgIpc) is 3.02. The predicted octanol–water partition coefficient (Wildman–Crippen LogP) is 6.91.